The molecule has 0 amide bonds. The highest BCUT2D eigenvalue weighted by molar-refractivity contribution is 5.65. The molecular weight excluding hydrogens is 278 g/mol. The molecule has 22 heavy (non-hydrogen) atoms. The molecule has 116 valence electrons. The Bertz CT molecular complexity index is 698. The highest BCUT2D eigenvalue weighted by atomic mass is 16.5. The Morgan fingerprint density at radius 2 is 2.27 bits per heavy atom. The fourth-order valence-electron chi connectivity index (χ4n) is 5.25. The van der Waals surface area contributed by atoms with Crippen LogP contribution in [0.3, 0.4) is 0 Å². The van der Waals surface area contributed by atoms with E-state index >= 15 is 0 Å². The summed E-state index contributed by atoms with van der Waals surface area (Å²) in [5.41, 5.74) is 4.00. The monoisotopic (exact) mass is 299 g/mol. The lowest BCUT2D eigenvalue weighted by Crippen LogP contribution is -2.61. The largest absolute Gasteiger partial charge is 0.493 e. The number of hydrogen-bond donors (Lipinski definition) is 1. The first-order chi connectivity index (χ1) is 10.7. The van der Waals surface area contributed by atoms with Crippen molar-refractivity contribution in [1.82, 2.24) is 4.90 Å². The first-order valence-electron chi connectivity index (χ1n) is 8.12. The summed E-state index contributed by atoms with van der Waals surface area (Å²) in [5.74, 6) is 1.67. The maximum Gasteiger partial charge on any atom is 0.166 e. The van der Waals surface area contributed by atoms with Crippen LogP contribution in [0.25, 0.3) is 0 Å². The van der Waals surface area contributed by atoms with Crippen LogP contribution in [0.4, 0.5) is 0 Å². The molecule has 0 radical (unpaired) electrons. The van der Waals surface area contributed by atoms with Crippen molar-refractivity contribution in [1.29, 1.82) is 0 Å². The van der Waals surface area contributed by atoms with Crippen LogP contribution in [0.15, 0.2) is 23.8 Å². The van der Waals surface area contributed by atoms with Gasteiger partial charge < -0.3 is 14.6 Å². The summed E-state index contributed by atoms with van der Waals surface area (Å²) in [7, 11) is 3.90. The quantitative estimate of drug-likeness (QED) is 0.801. The van der Waals surface area contributed by atoms with E-state index < -0.39 is 6.10 Å². The van der Waals surface area contributed by atoms with Crippen LogP contribution < -0.4 is 9.47 Å². The third kappa shape index (κ3) is 1.28. The molecule has 4 aliphatic rings. The molecule has 4 atom stereocenters. The van der Waals surface area contributed by atoms with E-state index in [2.05, 4.69) is 24.1 Å². The zero-order chi connectivity index (χ0) is 15.1. The van der Waals surface area contributed by atoms with Gasteiger partial charge in [-0.3, -0.25) is 4.90 Å². The molecule has 1 saturated heterocycles. The van der Waals surface area contributed by atoms with E-state index in [1.165, 1.54) is 16.7 Å². The molecule has 2 bridgehead atoms. The van der Waals surface area contributed by atoms with Gasteiger partial charge in [0.1, 0.15) is 6.10 Å². The molecular formula is C18H21NO3. The van der Waals surface area contributed by atoms with Gasteiger partial charge in [0.2, 0.25) is 0 Å². The normalized spacial score (nSPS) is 38.1. The molecule has 4 nitrogen and oxygen atoms in total. The van der Waals surface area contributed by atoms with Crippen molar-refractivity contribution in [2.75, 3.05) is 20.7 Å². The number of benzene rings is 1. The standard InChI is InChI=1S/C18H21NO3/c1-19-8-7-18-11-4-5-13(20)17(18)22-16-14(21-2)6-3-10(15(16)18)9-12(11)19/h3-4,6,12-13,17,20H,5,7-9H2,1-2H3/t12-,13-,17-,18-/m0/s1. The molecule has 0 saturated carbocycles. The minimum absolute atomic E-state index is 0.133. The summed E-state index contributed by atoms with van der Waals surface area (Å²) in [6.45, 7) is 1.05. The number of hydrogen-bond acceptors (Lipinski definition) is 4. The van der Waals surface area contributed by atoms with Crippen molar-refractivity contribution >= 4 is 0 Å². The predicted octanol–water partition coefficient (Wildman–Crippen LogP) is 1.65. The summed E-state index contributed by atoms with van der Waals surface area (Å²) in [4.78, 5) is 2.46. The minimum atomic E-state index is -0.434. The Balaban J connectivity index is 1.84. The lowest BCUT2D eigenvalue weighted by Gasteiger charge is -2.54. The fourth-order valence-corrected chi connectivity index (χ4v) is 5.25. The number of likely N-dealkylation sites (tertiary alicyclic amines) is 1. The van der Waals surface area contributed by atoms with Gasteiger partial charge in [-0.25, -0.2) is 0 Å². The highest BCUT2D eigenvalue weighted by Crippen LogP contribution is 2.62. The topological polar surface area (TPSA) is 41.9 Å². The average Bonchev–Trinajstić information content (AvgIpc) is 2.88. The van der Waals surface area contributed by atoms with Crippen LogP contribution in [0.1, 0.15) is 24.0 Å². The Kier molecular flexibility index (Phi) is 2.39. The molecule has 0 aromatic heterocycles. The summed E-state index contributed by atoms with van der Waals surface area (Å²) in [6.07, 6.45) is 4.42. The molecule has 2 heterocycles. The highest BCUT2D eigenvalue weighted by Gasteiger charge is 2.62. The molecule has 0 unspecified atom stereocenters. The minimum Gasteiger partial charge on any atom is -0.493 e. The molecule has 1 fully saturated rings. The van der Waals surface area contributed by atoms with Gasteiger partial charge in [0.25, 0.3) is 0 Å². The summed E-state index contributed by atoms with van der Waals surface area (Å²) < 4.78 is 11.8. The van der Waals surface area contributed by atoms with E-state index in [0.29, 0.717) is 12.5 Å². The van der Waals surface area contributed by atoms with Crippen LogP contribution >= 0.6 is 0 Å². The van der Waals surface area contributed by atoms with E-state index in [1.807, 2.05) is 6.07 Å². The second kappa shape index (κ2) is 4.06. The molecule has 2 aliphatic carbocycles. The van der Waals surface area contributed by atoms with Gasteiger partial charge in [0, 0.05) is 11.6 Å². The third-order valence-electron chi connectivity index (χ3n) is 6.21. The Hall–Kier alpha value is -1.52. The summed E-state index contributed by atoms with van der Waals surface area (Å²) >= 11 is 0. The molecule has 1 aromatic carbocycles. The van der Waals surface area contributed by atoms with Crippen molar-refractivity contribution in [3.05, 3.63) is 34.9 Å². The first-order valence-corrected chi connectivity index (χ1v) is 8.12. The molecule has 1 spiro atoms. The van der Waals surface area contributed by atoms with Crippen LogP contribution in [0.5, 0.6) is 11.5 Å². The zero-order valence-corrected chi connectivity index (χ0v) is 13.0. The maximum absolute atomic E-state index is 10.6. The van der Waals surface area contributed by atoms with Crippen molar-refractivity contribution < 1.29 is 14.6 Å². The Morgan fingerprint density at radius 1 is 1.41 bits per heavy atom. The number of piperidine rings is 1. The Labute approximate surface area is 130 Å². The SMILES string of the molecule is COc1ccc2c3c1O[C@H]1[C@@H](O)CC=C4[C@H](C2)N(C)CC[C@]431. The molecule has 5 rings (SSSR count). The lowest BCUT2D eigenvalue weighted by atomic mass is 9.56. The molecule has 1 N–H and O–H groups in total. The van der Waals surface area contributed by atoms with Crippen molar-refractivity contribution in [3.63, 3.8) is 0 Å². The number of nitrogens with zero attached hydrogens (tertiary/aromatic N) is 1. The third-order valence-corrected chi connectivity index (χ3v) is 6.21. The molecule has 2 aliphatic heterocycles. The van der Waals surface area contributed by atoms with Gasteiger partial charge in [0.15, 0.2) is 11.5 Å². The summed E-state index contributed by atoms with van der Waals surface area (Å²) in [5, 5.41) is 10.6. The average molecular weight is 299 g/mol. The fraction of sp³-hybridized carbons (Fsp3) is 0.556. The van der Waals surface area contributed by atoms with Crippen LogP contribution in [0, 0.1) is 0 Å². The van der Waals surface area contributed by atoms with Crippen LogP contribution in [-0.4, -0.2) is 49.0 Å². The first kappa shape index (κ1) is 13.0. The Morgan fingerprint density at radius 3 is 3.09 bits per heavy atom. The van der Waals surface area contributed by atoms with E-state index in [-0.39, 0.29) is 11.5 Å². The van der Waals surface area contributed by atoms with E-state index in [4.69, 9.17) is 9.47 Å². The molecule has 1 aromatic rings. The van der Waals surface area contributed by atoms with E-state index in [9.17, 15) is 5.11 Å². The second-order valence-electron chi connectivity index (χ2n) is 7.05. The van der Waals surface area contributed by atoms with Crippen molar-refractivity contribution in [2.24, 2.45) is 0 Å². The number of likely N-dealkylation sites (N-methyl/N-ethyl adjacent to an activating group) is 1. The van der Waals surface area contributed by atoms with Crippen LogP contribution in [0.2, 0.25) is 0 Å². The second-order valence-corrected chi connectivity index (χ2v) is 7.05. The molecule has 4 heteroatoms. The predicted molar refractivity (Wildman–Crippen MR) is 82.5 cm³/mol. The lowest BCUT2D eigenvalue weighted by molar-refractivity contribution is -0.0124. The number of aliphatic hydroxyl groups excluding tert-OH is 1. The van der Waals surface area contributed by atoms with Gasteiger partial charge in [-0.05, 0) is 50.1 Å². The van der Waals surface area contributed by atoms with Crippen LogP contribution in [-0.2, 0) is 11.8 Å². The maximum atomic E-state index is 10.6. The summed E-state index contributed by atoms with van der Waals surface area (Å²) in [6, 6.07) is 4.65. The van der Waals surface area contributed by atoms with Gasteiger partial charge in [0.05, 0.1) is 18.6 Å². The van der Waals surface area contributed by atoms with E-state index in [1.54, 1.807) is 7.11 Å². The zero-order valence-electron chi connectivity index (χ0n) is 13.0. The van der Waals surface area contributed by atoms with E-state index in [0.717, 1.165) is 30.9 Å². The van der Waals surface area contributed by atoms with Gasteiger partial charge in [-0.2, -0.15) is 0 Å². The van der Waals surface area contributed by atoms with Crippen molar-refractivity contribution in [2.45, 2.75) is 42.9 Å². The van der Waals surface area contributed by atoms with Gasteiger partial charge in [-0.1, -0.05) is 12.1 Å². The number of rotatable bonds is 1. The van der Waals surface area contributed by atoms with Gasteiger partial charge in [-0.15, -0.1) is 0 Å². The van der Waals surface area contributed by atoms with Gasteiger partial charge >= 0.3 is 0 Å². The smallest absolute Gasteiger partial charge is 0.166 e. The number of aliphatic hydroxyl groups is 1. The number of ether oxygens (including phenoxy) is 2. The number of methoxy groups -OCH3 is 1. The van der Waals surface area contributed by atoms with Crippen molar-refractivity contribution in [3.8, 4) is 11.5 Å².